The number of fused-ring (bicyclic) bond motifs is 1. The minimum Gasteiger partial charge on any atom is -0.352 e. The lowest BCUT2D eigenvalue weighted by molar-refractivity contribution is -0.125. The number of carbonyl (C=O) groups excluding carboxylic acids is 1. The molecule has 7 heteroatoms. The van der Waals surface area contributed by atoms with Gasteiger partial charge in [0.15, 0.2) is 5.52 Å². The summed E-state index contributed by atoms with van der Waals surface area (Å²) in [6.07, 6.45) is 1.29. The first-order valence-electron chi connectivity index (χ1n) is 10.1. The summed E-state index contributed by atoms with van der Waals surface area (Å²) in [7, 11) is 0. The van der Waals surface area contributed by atoms with Gasteiger partial charge in [0.25, 0.3) is 5.56 Å². The largest absolute Gasteiger partial charge is 0.352 e. The number of hydrogen-bond acceptors (Lipinski definition) is 4. The Hall–Kier alpha value is -2.96. The molecule has 0 spiro atoms. The normalized spacial score (nSPS) is 13.4. The number of amides is 1. The van der Waals surface area contributed by atoms with Crippen molar-refractivity contribution in [2.45, 2.75) is 66.5 Å². The Morgan fingerprint density at radius 1 is 1.07 bits per heavy atom. The molecule has 0 radical (unpaired) electrons. The van der Waals surface area contributed by atoms with Crippen LogP contribution < -0.4 is 10.9 Å². The zero-order valence-corrected chi connectivity index (χ0v) is 18.0. The summed E-state index contributed by atoms with van der Waals surface area (Å²) in [4.78, 5) is 26.0. The highest BCUT2D eigenvalue weighted by atomic mass is 16.2. The zero-order chi connectivity index (χ0) is 21.3. The topological polar surface area (TPSA) is 81.8 Å². The molecule has 3 aromatic rings. The fraction of sp³-hybridized carbons (Fsp3) is 0.455. The molecule has 29 heavy (non-hydrogen) atoms. The molecule has 0 aliphatic heterocycles. The van der Waals surface area contributed by atoms with E-state index in [4.69, 9.17) is 0 Å². The summed E-state index contributed by atoms with van der Waals surface area (Å²) in [5.41, 5.74) is 3.58. The number of rotatable bonds is 6. The molecule has 0 fully saturated rings. The van der Waals surface area contributed by atoms with Gasteiger partial charge in [0.1, 0.15) is 6.04 Å². The highest BCUT2D eigenvalue weighted by Gasteiger charge is 2.25. The Bertz CT molecular complexity index is 1100. The Balaban J connectivity index is 2.14. The lowest BCUT2D eigenvalue weighted by Gasteiger charge is -2.19. The maximum Gasteiger partial charge on any atom is 0.295 e. The zero-order valence-electron chi connectivity index (χ0n) is 18.0. The molecule has 0 saturated heterocycles. The number of benzene rings is 1. The Morgan fingerprint density at radius 3 is 2.31 bits per heavy atom. The first-order chi connectivity index (χ1) is 13.8. The average Bonchev–Trinajstić information content (AvgIpc) is 3.04. The molecule has 0 bridgehead atoms. The van der Waals surface area contributed by atoms with Crippen LogP contribution in [0.2, 0.25) is 0 Å². The van der Waals surface area contributed by atoms with Crippen molar-refractivity contribution < 1.29 is 4.79 Å². The second-order valence-corrected chi connectivity index (χ2v) is 7.63. The Morgan fingerprint density at radius 2 is 1.72 bits per heavy atom. The summed E-state index contributed by atoms with van der Waals surface area (Å²) in [6.45, 7) is 11.6. The maximum atomic E-state index is 13.2. The Kier molecular flexibility index (Phi) is 5.86. The van der Waals surface area contributed by atoms with Crippen LogP contribution in [0.15, 0.2) is 29.1 Å². The van der Waals surface area contributed by atoms with Crippen LogP contribution in [-0.2, 0) is 4.79 Å². The van der Waals surface area contributed by atoms with Gasteiger partial charge in [-0.2, -0.15) is 10.2 Å². The third kappa shape index (κ3) is 3.81. The van der Waals surface area contributed by atoms with Crippen molar-refractivity contribution in [3.63, 3.8) is 0 Å². The molecule has 2 atom stereocenters. The Labute approximate surface area is 170 Å². The maximum absolute atomic E-state index is 13.2. The lowest BCUT2D eigenvalue weighted by atomic mass is 10.1. The van der Waals surface area contributed by atoms with Crippen molar-refractivity contribution in [2.75, 3.05) is 0 Å². The van der Waals surface area contributed by atoms with E-state index in [0.717, 1.165) is 28.8 Å². The molecule has 1 aromatic carbocycles. The number of aryl methyl sites for hydroxylation is 3. The van der Waals surface area contributed by atoms with Crippen molar-refractivity contribution in [3.8, 4) is 5.69 Å². The van der Waals surface area contributed by atoms with E-state index in [1.54, 1.807) is 4.68 Å². The van der Waals surface area contributed by atoms with Crippen LogP contribution in [0, 0.1) is 20.8 Å². The van der Waals surface area contributed by atoms with Gasteiger partial charge in [-0.15, -0.1) is 0 Å². The monoisotopic (exact) mass is 395 g/mol. The van der Waals surface area contributed by atoms with E-state index >= 15 is 0 Å². The molecule has 0 aliphatic rings. The second kappa shape index (κ2) is 8.19. The van der Waals surface area contributed by atoms with E-state index in [1.807, 2.05) is 65.8 Å². The fourth-order valence-corrected chi connectivity index (χ4v) is 3.51. The van der Waals surface area contributed by atoms with Gasteiger partial charge in [-0.25, -0.2) is 9.36 Å². The van der Waals surface area contributed by atoms with Crippen molar-refractivity contribution >= 4 is 16.8 Å². The lowest BCUT2D eigenvalue weighted by Crippen LogP contribution is -2.41. The van der Waals surface area contributed by atoms with Crippen LogP contribution in [0.3, 0.4) is 0 Å². The van der Waals surface area contributed by atoms with Gasteiger partial charge in [-0.3, -0.25) is 9.59 Å². The highest BCUT2D eigenvalue weighted by molar-refractivity contribution is 5.84. The van der Waals surface area contributed by atoms with E-state index in [-0.39, 0.29) is 17.5 Å². The molecule has 154 valence electrons. The molecule has 0 aliphatic carbocycles. The van der Waals surface area contributed by atoms with E-state index in [1.165, 1.54) is 4.68 Å². The molecule has 3 rings (SSSR count). The predicted molar refractivity (Wildman–Crippen MR) is 115 cm³/mol. The van der Waals surface area contributed by atoms with Crippen molar-refractivity contribution in [3.05, 3.63) is 51.6 Å². The number of nitrogens with zero attached hydrogens (tertiary/aromatic N) is 4. The minimum absolute atomic E-state index is 0.0417. The van der Waals surface area contributed by atoms with Gasteiger partial charge in [0.05, 0.1) is 22.5 Å². The van der Waals surface area contributed by atoms with Gasteiger partial charge >= 0.3 is 0 Å². The van der Waals surface area contributed by atoms with Crippen LogP contribution in [0.5, 0.6) is 0 Å². The van der Waals surface area contributed by atoms with E-state index in [2.05, 4.69) is 15.5 Å². The van der Waals surface area contributed by atoms with Gasteiger partial charge in [0, 0.05) is 6.04 Å². The molecule has 2 heterocycles. The SMILES string of the molecule is CCC(C)NC(=O)C(CC)n1nc(C)c2c(C)n(-c3ccc(C)cc3)nc2c1=O. The molecule has 7 nitrogen and oxygen atoms in total. The smallest absolute Gasteiger partial charge is 0.295 e. The fourth-order valence-electron chi connectivity index (χ4n) is 3.51. The van der Waals surface area contributed by atoms with E-state index in [9.17, 15) is 9.59 Å². The summed E-state index contributed by atoms with van der Waals surface area (Å²) >= 11 is 0. The van der Waals surface area contributed by atoms with Gasteiger partial charge in [0.2, 0.25) is 5.91 Å². The molecule has 1 N–H and O–H groups in total. The van der Waals surface area contributed by atoms with Crippen molar-refractivity contribution in [1.82, 2.24) is 24.9 Å². The minimum atomic E-state index is -0.663. The molecule has 2 unspecified atom stereocenters. The summed E-state index contributed by atoms with van der Waals surface area (Å²) in [6, 6.07) is 7.35. The van der Waals surface area contributed by atoms with Crippen LogP contribution in [0.4, 0.5) is 0 Å². The van der Waals surface area contributed by atoms with Crippen molar-refractivity contribution in [1.29, 1.82) is 0 Å². The number of carbonyl (C=O) groups is 1. The van der Waals surface area contributed by atoms with Crippen LogP contribution in [-0.4, -0.2) is 31.5 Å². The van der Waals surface area contributed by atoms with Crippen LogP contribution >= 0.6 is 0 Å². The molecule has 2 aromatic heterocycles. The summed E-state index contributed by atoms with van der Waals surface area (Å²) < 4.78 is 3.06. The van der Waals surface area contributed by atoms with E-state index in [0.29, 0.717) is 17.6 Å². The second-order valence-electron chi connectivity index (χ2n) is 7.63. The van der Waals surface area contributed by atoms with Crippen LogP contribution in [0.25, 0.3) is 16.6 Å². The molecule has 1 amide bonds. The third-order valence-electron chi connectivity index (χ3n) is 5.41. The number of nitrogens with one attached hydrogen (secondary N) is 1. The molecular formula is C22H29N5O2. The average molecular weight is 396 g/mol. The van der Waals surface area contributed by atoms with Crippen molar-refractivity contribution in [2.24, 2.45) is 0 Å². The third-order valence-corrected chi connectivity index (χ3v) is 5.41. The standard InChI is InChI=1S/C22H29N5O2/c1-7-14(4)23-21(28)18(8-2)27-22(29)20-19(15(5)24-27)16(6)26(25-20)17-11-9-13(3)10-12-17/h9-12,14,18H,7-8H2,1-6H3,(H,23,28). The molecular weight excluding hydrogens is 366 g/mol. The van der Waals surface area contributed by atoms with Gasteiger partial charge in [-0.05, 0) is 52.7 Å². The highest BCUT2D eigenvalue weighted by Crippen LogP contribution is 2.22. The predicted octanol–water partition coefficient (Wildman–Crippen LogP) is 3.37. The van der Waals surface area contributed by atoms with Gasteiger partial charge < -0.3 is 5.32 Å². The quantitative estimate of drug-likeness (QED) is 0.694. The first kappa shape index (κ1) is 20.8. The summed E-state index contributed by atoms with van der Waals surface area (Å²) in [5, 5.41) is 12.8. The first-order valence-corrected chi connectivity index (χ1v) is 10.1. The van der Waals surface area contributed by atoms with Crippen LogP contribution in [0.1, 0.15) is 56.6 Å². The number of aromatic nitrogens is 4. The summed E-state index contributed by atoms with van der Waals surface area (Å²) in [5.74, 6) is -0.190. The van der Waals surface area contributed by atoms with Gasteiger partial charge in [-0.1, -0.05) is 31.5 Å². The number of hydrogen-bond donors (Lipinski definition) is 1. The van der Waals surface area contributed by atoms with E-state index < -0.39 is 6.04 Å². The molecule has 0 saturated carbocycles.